The van der Waals surface area contributed by atoms with Gasteiger partial charge in [0.2, 0.25) is 6.41 Å². The quantitative estimate of drug-likeness (QED) is 0.876. The van der Waals surface area contributed by atoms with E-state index in [2.05, 4.69) is 5.32 Å². The number of nitrogens with zero attached hydrogens (tertiary/aromatic N) is 1. The second-order valence-corrected chi connectivity index (χ2v) is 5.41. The molecule has 112 valence electrons. The zero-order valence-electron chi connectivity index (χ0n) is 12.2. The Labute approximate surface area is 129 Å². The Kier molecular flexibility index (Phi) is 4.02. The van der Waals surface area contributed by atoms with E-state index in [0.29, 0.717) is 13.1 Å². The van der Waals surface area contributed by atoms with Crippen LogP contribution in [0, 0.1) is 0 Å². The highest BCUT2D eigenvalue weighted by atomic mass is 16.1. The second-order valence-electron chi connectivity index (χ2n) is 5.41. The molecular weight excluding hydrogens is 276 g/mol. The molecule has 1 amide bonds. The van der Waals surface area contributed by atoms with E-state index >= 15 is 0 Å². The molecule has 0 aliphatic carbocycles. The smallest absolute Gasteiger partial charge is 0.210 e. The Morgan fingerprint density at radius 3 is 2.23 bits per heavy atom. The predicted octanol–water partition coefficient (Wildman–Crippen LogP) is 1.88. The first-order valence-corrected chi connectivity index (χ1v) is 7.35. The molecule has 1 N–H and O–H groups in total. The maximum absolute atomic E-state index is 12.2. The molecule has 0 radical (unpaired) electrons. The van der Waals surface area contributed by atoms with Crippen molar-refractivity contribution in [3.05, 3.63) is 71.8 Å². The van der Waals surface area contributed by atoms with Gasteiger partial charge in [0.25, 0.3) is 0 Å². The number of rotatable bonds is 4. The van der Waals surface area contributed by atoms with Crippen LogP contribution in [0.1, 0.15) is 17.2 Å². The highest BCUT2D eigenvalue weighted by Crippen LogP contribution is 2.40. The summed E-state index contributed by atoms with van der Waals surface area (Å²) in [7, 11) is 0. The summed E-state index contributed by atoms with van der Waals surface area (Å²) in [6.07, 6.45) is 1.67. The van der Waals surface area contributed by atoms with Crippen molar-refractivity contribution in [2.24, 2.45) is 0 Å². The minimum absolute atomic E-state index is 0.271. The molecular formula is C18H18N2O2. The molecule has 1 saturated heterocycles. The number of amides is 1. The number of aldehydes is 1. The molecule has 1 heterocycles. The van der Waals surface area contributed by atoms with E-state index in [1.165, 1.54) is 0 Å². The average molecular weight is 294 g/mol. The molecule has 4 heteroatoms. The van der Waals surface area contributed by atoms with E-state index in [9.17, 15) is 9.59 Å². The molecule has 1 aliphatic rings. The van der Waals surface area contributed by atoms with Crippen LogP contribution in [0.25, 0.3) is 0 Å². The van der Waals surface area contributed by atoms with Crippen LogP contribution in [0.2, 0.25) is 0 Å². The second kappa shape index (κ2) is 6.12. The minimum Gasteiger partial charge on any atom is -0.326 e. The van der Waals surface area contributed by atoms with E-state index in [1.807, 2.05) is 60.7 Å². The summed E-state index contributed by atoms with van der Waals surface area (Å²) in [4.78, 5) is 25.4. The Bertz CT molecular complexity index is 645. The van der Waals surface area contributed by atoms with Gasteiger partial charge in [0.15, 0.2) is 6.29 Å². The van der Waals surface area contributed by atoms with Gasteiger partial charge < -0.3 is 15.0 Å². The lowest BCUT2D eigenvalue weighted by atomic mass is 9.77. The summed E-state index contributed by atoms with van der Waals surface area (Å²) < 4.78 is 0. The van der Waals surface area contributed by atoms with Crippen LogP contribution < -0.4 is 5.32 Å². The average Bonchev–Trinajstić information content (AvgIpc) is 2.62. The SMILES string of the molecule is O=CN1CCNC(c2ccccc2)C1(C=O)c1ccccc1. The summed E-state index contributed by atoms with van der Waals surface area (Å²) >= 11 is 0. The van der Waals surface area contributed by atoms with Gasteiger partial charge in [-0.1, -0.05) is 60.7 Å². The molecule has 0 bridgehead atoms. The zero-order chi connectivity index (χ0) is 15.4. The van der Waals surface area contributed by atoms with Crippen LogP contribution in [-0.4, -0.2) is 30.7 Å². The largest absolute Gasteiger partial charge is 0.326 e. The van der Waals surface area contributed by atoms with Crippen LogP contribution in [0.4, 0.5) is 0 Å². The fourth-order valence-corrected chi connectivity index (χ4v) is 3.23. The lowest BCUT2D eigenvalue weighted by molar-refractivity contribution is -0.137. The number of piperazine rings is 1. The van der Waals surface area contributed by atoms with Crippen LogP contribution in [0.15, 0.2) is 60.7 Å². The van der Waals surface area contributed by atoms with Crippen molar-refractivity contribution >= 4 is 12.7 Å². The van der Waals surface area contributed by atoms with E-state index in [-0.39, 0.29) is 6.04 Å². The van der Waals surface area contributed by atoms with Gasteiger partial charge in [0.1, 0.15) is 5.54 Å². The molecule has 1 aliphatic heterocycles. The number of nitrogens with one attached hydrogen (secondary N) is 1. The third-order valence-electron chi connectivity index (χ3n) is 4.29. The lowest BCUT2D eigenvalue weighted by Crippen LogP contribution is -2.61. The van der Waals surface area contributed by atoms with Gasteiger partial charge in [-0.15, -0.1) is 0 Å². The number of hydrogen-bond acceptors (Lipinski definition) is 3. The molecule has 0 spiro atoms. The summed E-state index contributed by atoms with van der Waals surface area (Å²) in [6.45, 7) is 1.15. The zero-order valence-corrected chi connectivity index (χ0v) is 12.2. The number of carbonyl (C=O) groups excluding carboxylic acids is 2. The first kappa shape index (κ1) is 14.5. The fourth-order valence-electron chi connectivity index (χ4n) is 3.23. The predicted molar refractivity (Wildman–Crippen MR) is 84.1 cm³/mol. The van der Waals surface area contributed by atoms with Gasteiger partial charge in [-0.3, -0.25) is 4.79 Å². The highest BCUT2D eigenvalue weighted by Gasteiger charge is 2.48. The molecule has 2 unspecified atom stereocenters. The number of hydrogen-bond donors (Lipinski definition) is 1. The van der Waals surface area contributed by atoms with Gasteiger partial charge in [0.05, 0.1) is 6.04 Å². The van der Waals surface area contributed by atoms with Crippen molar-refractivity contribution in [3.63, 3.8) is 0 Å². The van der Waals surface area contributed by atoms with Crippen molar-refractivity contribution < 1.29 is 9.59 Å². The molecule has 1 fully saturated rings. The third kappa shape index (κ3) is 2.22. The molecule has 2 aromatic rings. The molecule has 22 heavy (non-hydrogen) atoms. The Hall–Kier alpha value is -2.46. The monoisotopic (exact) mass is 294 g/mol. The van der Waals surface area contributed by atoms with Crippen molar-refractivity contribution in [1.29, 1.82) is 0 Å². The van der Waals surface area contributed by atoms with Gasteiger partial charge in [-0.2, -0.15) is 0 Å². The summed E-state index contributed by atoms with van der Waals surface area (Å²) in [5.74, 6) is 0. The summed E-state index contributed by atoms with van der Waals surface area (Å²) in [6, 6.07) is 19.0. The highest BCUT2D eigenvalue weighted by molar-refractivity contribution is 5.75. The van der Waals surface area contributed by atoms with E-state index < -0.39 is 5.54 Å². The van der Waals surface area contributed by atoms with Crippen LogP contribution >= 0.6 is 0 Å². The van der Waals surface area contributed by atoms with E-state index in [4.69, 9.17) is 0 Å². The Balaban J connectivity index is 2.18. The van der Waals surface area contributed by atoms with Gasteiger partial charge in [0, 0.05) is 13.1 Å². The molecule has 2 aromatic carbocycles. The van der Waals surface area contributed by atoms with E-state index in [1.54, 1.807) is 4.90 Å². The van der Waals surface area contributed by atoms with Gasteiger partial charge >= 0.3 is 0 Å². The van der Waals surface area contributed by atoms with Gasteiger partial charge in [-0.25, -0.2) is 0 Å². The molecule has 4 nitrogen and oxygen atoms in total. The normalized spacial score (nSPS) is 24.7. The van der Waals surface area contributed by atoms with Crippen molar-refractivity contribution in [2.45, 2.75) is 11.6 Å². The summed E-state index contributed by atoms with van der Waals surface area (Å²) in [5.41, 5.74) is 0.783. The van der Waals surface area contributed by atoms with Crippen LogP contribution in [0.3, 0.4) is 0 Å². The first-order chi connectivity index (χ1) is 10.8. The minimum atomic E-state index is -1.03. The standard InChI is InChI=1S/C18H18N2O2/c21-13-18(16-9-5-2-6-10-16)17(15-7-3-1-4-8-15)19-11-12-20(18)14-22/h1-10,13-14,17,19H,11-12H2. The molecule has 3 rings (SSSR count). The van der Waals surface area contributed by atoms with Crippen molar-refractivity contribution in [2.75, 3.05) is 13.1 Å². The lowest BCUT2D eigenvalue weighted by Gasteiger charge is -2.48. The first-order valence-electron chi connectivity index (χ1n) is 7.35. The maximum Gasteiger partial charge on any atom is 0.210 e. The molecule has 0 saturated carbocycles. The topological polar surface area (TPSA) is 49.4 Å². The Morgan fingerprint density at radius 2 is 1.64 bits per heavy atom. The molecule has 2 atom stereocenters. The Morgan fingerprint density at radius 1 is 1.00 bits per heavy atom. The van der Waals surface area contributed by atoms with Gasteiger partial charge in [-0.05, 0) is 11.1 Å². The number of benzene rings is 2. The third-order valence-corrected chi connectivity index (χ3v) is 4.29. The van der Waals surface area contributed by atoms with E-state index in [0.717, 1.165) is 23.8 Å². The van der Waals surface area contributed by atoms with Crippen LogP contribution in [0.5, 0.6) is 0 Å². The van der Waals surface area contributed by atoms with Crippen LogP contribution in [-0.2, 0) is 15.1 Å². The molecule has 0 aromatic heterocycles. The fraction of sp³-hybridized carbons (Fsp3) is 0.222. The summed E-state index contributed by atoms with van der Waals surface area (Å²) in [5, 5.41) is 3.41. The van der Waals surface area contributed by atoms with Crippen molar-refractivity contribution in [3.8, 4) is 0 Å². The van der Waals surface area contributed by atoms with Crippen molar-refractivity contribution in [1.82, 2.24) is 10.2 Å². The number of carbonyl (C=O) groups is 2. The maximum atomic E-state index is 12.2.